The smallest absolute Gasteiger partial charge is 0.395 e. The zero-order valence-corrected chi connectivity index (χ0v) is 19.2. The van der Waals surface area contributed by atoms with Crippen molar-refractivity contribution in [2.45, 2.75) is 29.8 Å². The number of fused-ring (bicyclic) bond motifs is 2. The first-order valence-corrected chi connectivity index (χ1v) is 12.1. The number of aliphatic hydroxyl groups is 1. The maximum atomic E-state index is 13.4. The molecule has 0 saturated carbocycles. The molecule has 0 radical (unpaired) electrons. The number of benzene rings is 2. The average Bonchev–Trinajstić information content (AvgIpc) is 2.79. The Hall–Kier alpha value is -2.07. The highest BCUT2D eigenvalue weighted by atomic mass is 32.2. The topological polar surface area (TPSA) is 47.0 Å². The van der Waals surface area contributed by atoms with Crippen LogP contribution in [0.4, 0.5) is 18.9 Å². The molecule has 1 amide bonds. The number of alkyl halides is 3. The summed E-state index contributed by atoms with van der Waals surface area (Å²) in [5.41, 5.74) is 1.64. The standard InChI is InChI=1S/C24H28F3N3O2S/c25-24(26,27)20-5-6-22-21(15-20)30(16-18-3-1-2-4-19(18)17-33-22)23(32)7-8-28-9-11-29(12-10-28)13-14-31/h1-6,15,31H,7-14,16-17H2. The molecule has 0 unspecified atom stereocenters. The second-order valence-electron chi connectivity index (χ2n) is 8.37. The van der Waals surface area contributed by atoms with Crippen LogP contribution in [0.15, 0.2) is 47.4 Å². The lowest BCUT2D eigenvalue weighted by Gasteiger charge is -2.35. The summed E-state index contributed by atoms with van der Waals surface area (Å²) in [6.07, 6.45) is -4.23. The Labute approximate surface area is 196 Å². The number of rotatable bonds is 5. The third-order valence-electron chi connectivity index (χ3n) is 6.23. The van der Waals surface area contributed by atoms with Crippen molar-refractivity contribution in [3.63, 3.8) is 0 Å². The van der Waals surface area contributed by atoms with E-state index in [1.807, 2.05) is 24.3 Å². The molecule has 1 saturated heterocycles. The number of hydrogen-bond donors (Lipinski definition) is 1. The van der Waals surface area contributed by atoms with E-state index in [-0.39, 0.29) is 25.5 Å². The van der Waals surface area contributed by atoms with E-state index >= 15 is 0 Å². The third kappa shape index (κ3) is 5.90. The van der Waals surface area contributed by atoms with Crippen molar-refractivity contribution >= 4 is 23.4 Å². The van der Waals surface area contributed by atoms with Crippen molar-refractivity contribution in [1.29, 1.82) is 0 Å². The number of carbonyl (C=O) groups excluding carboxylic acids is 1. The van der Waals surface area contributed by atoms with Crippen LogP contribution in [-0.2, 0) is 23.3 Å². The van der Waals surface area contributed by atoms with Crippen LogP contribution in [0.3, 0.4) is 0 Å². The van der Waals surface area contributed by atoms with Gasteiger partial charge in [0.2, 0.25) is 5.91 Å². The van der Waals surface area contributed by atoms with Crippen LogP contribution in [-0.4, -0.2) is 66.7 Å². The van der Waals surface area contributed by atoms with Crippen molar-refractivity contribution < 1.29 is 23.1 Å². The van der Waals surface area contributed by atoms with Crippen LogP contribution < -0.4 is 4.90 Å². The van der Waals surface area contributed by atoms with Gasteiger partial charge in [-0.15, -0.1) is 11.8 Å². The normalized spacial score (nSPS) is 17.8. The molecule has 2 aromatic rings. The van der Waals surface area contributed by atoms with E-state index < -0.39 is 11.7 Å². The van der Waals surface area contributed by atoms with Gasteiger partial charge in [-0.05, 0) is 29.3 Å². The molecule has 2 aliphatic rings. The maximum Gasteiger partial charge on any atom is 0.416 e. The van der Waals surface area contributed by atoms with Gasteiger partial charge in [-0.3, -0.25) is 9.69 Å². The van der Waals surface area contributed by atoms with Crippen molar-refractivity contribution in [1.82, 2.24) is 9.80 Å². The lowest BCUT2D eigenvalue weighted by atomic mass is 10.1. The fourth-order valence-electron chi connectivity index (χ4n) is 4.28. The molecule has 1 fully saturated rings. The van der Waals surface area contributed by atoms with Crippen LogP contribution >= 0.6 is 11.8 Å². The van der Waals surface area contributed by atoms with Gasteiger partial charge in [0.1, 0.15) is 0 Å². The minimum absolute atomic E-state index is 0.131. The Morgan fingerprint density at radius 3 is 2.30 bits per heavy atom. The molecular weight excluding hydrogens is 451 g/mol. The van der Waals surface area contributed by atoms with Gasteiger partial charge >= 0.3 is 6.18 Å². The molecule has 9 heteroatoms. The number of aliphatic hydroxyl groups excluding tert-OH is 1. The van der Waals surface area contributed by atoms with Crippen LogP contribution in [0.5, 0.6) is 0 Å². The van der Waals surface area contributed by atoms with Crippen molar-refractivity contribution in [3.05, 3.63) is 59.2 Å². The van der Waals surface area contributed by atoms with Gasteiger partial charge < -0.3 is 14.9 Å². The minimum Gasteiger partial charge on any atom is -0.395 e. The Kier molecular flexibility index (Phi) is 7.63. The van der Waals surface area contributed by atoms with Gasteiger partial charge in [0.05, 0.1) is 24.4 Å². The first-order chi connectivity index (χ1) is 15.8. The first-order valence-electron chi connectivity index (χ1n) is 11.1. The Morgan fingerprint density at radius 1 is 0.970 bits per heavy atom. The van der Waals surface area contributed by atoms with Crippen LogP contribution in [0.25, 0.3) is 0 Å². The molecule has 178 valence electrons. The monoisotopic (exact) mass is 479 g/mol. The lowest BCUT2D eigenvalue weighted by molar-refractivity contribution is -0.137. The molecule has 0 atom stereocenters. The van der Waals surface area contributed by atoms with Gasteiger partial charge in [-0.25, -0.2) is 0 Å². The molecule has 4 rings (SSSR count). The first kappa shape index (κ1) is 24.1. The summed E-state index contributed by atoms with van der Waals surface area (Å²) in [7, 11) is 0. The summed E-state index contributed by atoms with van der Waals surface area (Å²) in [6.45, 7) is 4.88. The molecule has 5 nitrogen and oxygen atoms in total. The largest absolute Gasteiger partial charge is 0.416 e. The van der Waals surface area contributed by atoms with E-state index in [0.29, 0.717) is 29.4 Å². The SMILES string of the molecule is O=C(CCN1CCN(CCO)CC1)N1Cc2ccccc2CSc2ccc(C(F)(F)F)cc21. The van der Waals surface area contributed by atoms with Gasteiger partial charge in [0.15, 0.2) is 0 Å². The van der Waals surface area contributed by atoms with E-state index in [2.05, 4.69) is 9.80 Å². The van der Waals surface area contributed by atoms with Crippen molar-refractivity contribution in [2.75, 3.05) is 50.8 Å². The highest BCUT2D eigenvalue weighted by Gasteiger charge is 2.33. The number of hydrogen-bond acceptors (Lipinski definition) is 5. The molecule has 1 N–H and O–H groups in total. The second-order valence-corrected chi connectivity index (χ2v) is 9.39. The third-order valence-corrected chi connectivity index (χ3v) is 7.34. The summed E-state index contributed by atoms with van der Waals surface area (Å²) in [4.78, 5) is 20.0. The molecule has 2 aromatic carbocycles. The molecule has 2 aliphatic heterocycles. The summed E-state index contributed by atoms with van der Waals surface area (Å²) in [5, 5.41) is 9.09. The number of amides is 1. The Morgan fingerprint density at radius 2 is 1.64 bits per heavy atom. The average molecular weight is 480 g/mol. The molecule has 0 spiro atoms. The van der Waals surface area contributed by atoms with E-state index in [9.17, 15) is 18.0 Å². The number of thioether (sulfide) groups is 1. The van der Waals surface area contributed by atoms with Crippen LogP contribution in [0.2, 0.25) is 0 Å². The summed E-state index contributed by atoms with van der Waals surface area (Å²) < 4.78 is 40.3. The summed E-state index contributed by atoms with van der Waals surface area (Å²) in [5.74, 6) is 0.472. The van der Waals surface area contributed by atoms with E-state index in [4.69, 9.17) is 5.11 Å². The van der Waals surface area contributed by atoms with Gasteiger partial charge in [-0.1, -0.05) is 24.3 Å². The van der Waals surface area contributed by atoms with E-state index in [0.717, 1.165) is 49.4 Å². The predicted molar refractivity (Wildman–Crippen MR) is 123 cm³/mol. The predicted octanol–water partition coefficient (Wildman–Crippen LogP) is 3.84. The Bertz CT molecular complexity index is 978. The molecule has 0 aliphatic carbocycles. The quantitative estimate of drug-likeness (QED) is 0.706. The van der Waals surface area contributed by atoms with E-state index in [1.165, 1.54) is 22.7 Å². The molecule has 2 heterocycles. The van der Waals surface area contributed by atoms with Crippen molar-refractivity contribution in [3.8, 4) is 0 Å². The number of carbonyl (C=O) groups is 1. The van der Waals surface area contributed by atoms with Crippen molar-refractivity contribution in [2.24, 2.45) is 0 Å². The molecular formula is C24H28F3N3O2S. The Balaban J connectivity index is 1.54. The lowest BCUT2D eigenvalue weighted by Crippen LogP contribution is -2.48. The number of halogens is 3. The van der Waals surface area contributed by atoms with Crippen LogP contribution in [0, 0.1) is 0 Å². The van der Waals surface area contributed by atoms with Gasteiger partial charge in [0.25, 0.3) is 0 Å². The highest BCUT2D eigenvalue weighted by Crippen LogP contribution is 2.41. The minimum atomic E-state index is -4.47. The van der Waals surface area contributed by atoms with Gasteiger partial charge in [0, 0.05) is 56.3 Å². The number of anilines is 1. The molecule has 0 aromatic heterocycles. The highest BCUT2D eigenvalue weighted by molar-refractivity contribution is 7.98. The fourth-order valence-corrected chi connectivity index (χ4v) is 5.35. The van der Waals surface area contributed by atoms with Gasteiger partial charge in [-0.2, -0.15) is 13.2 Å². The number of β-amino-alcohol motifs (C(OH)–C–C–N with tert-alkyl or cyclic N) is 1. The summed E-state index contributed by atoms with van der Waals surface area (Å²) >= 11 is 1.46. The zero-order chi connectivity index (χ0) is 23.4. The zero-order valence-electron chi connectivity index (χ0n) is 18.4. The second kappa shape index (κ2) is 10.5. The van der Waals surface area contributed by atoms with E-state index in [1.54, 1.807) is 0 Å². The summed E-state index contributed by atoms with van der Waals surface area (Å²) in [6, 6.07) is 11.5. The molecule has 0 bridgehead atoms. The number of piperazine rings is 1. The number of nitrogens with zero attached hydrogens (tertiary/aromatic N) is 3. The molecule has 33 heavy (non-hydrogen) atoms. The maximum absolute atomic E-state index is 13.4. The van der Waals surface area contributed by atoms with Crippen LogP contribution in [0.1, 0.15) is 23.1 Å². The fraction of sp³-hybridized carbons (Fsp3) is 0.458.